The third-order valence-corrected chi connectivity index (χ3v) is 6.16. The number of hydrogen-bond acceptors (Lipinski definition) is 4. The van der Waals surface area contributed by atoms with Gasteiger partial charge in [-0.25, -0.2) is 4.98 Å². The molecule has 0 saturated carbocycles. The molecule has 0 unspecified atom stereocenters. The van der Waals surface area contributed by atoms with Gasteiger partial charge >= 0.3 is 0 Å². The van der Waals surface area contributed by atoms with Crippen LogP contribution in [0.2, 0.25) is 0 Å². The maximum absolute atomic E-state index is 5.57. The summed E-state index contributed by atoms with van der Waals surface area (Å²) in [6.07, 6.45) is 0. The predicted molar refractivity (Wildman–Crippen MR) is 122 cm³/mol. The lowest BCUT2D eigenvalue weighted by molar-refractivity contribution is 0.338. The minimum absolute atomic E-state index is 0.664. The van der Waals surface area contributed by atoms with Gasteiger partial charge in [-0.2, -0.15) is 0 Å². The molecule has 0 amide bonds. The molecule has 0 saturated heterocycles. The van der Waals surface area contributed by atoms with Crippen LogP contribution in [0, 0.1) is 6.92 Å². The molecule has 0 spiro atoms. The molecule has 1 N–H and O–H groups in total. The Morgan fingerprint density at radius 2 is 1.86 bits per heavy atom. The minimum Gasteiger partial charge on any atom is -0.493 e. The lowest BCUT2D eigenvalue weighted by Gasteiger charge is -2.10. The van der Waals surface area contributed by atoms with Crippen LogP contribution < -0.4 is 10.1 Å². The number of fused-ring (bicyclic) bond motifs is 1. The van der Waals surface area contributed by atoms with E-state index in [2.05, 4.69) is 82.8 Å². The number of aromatic nitrogens is 1. The van der Waals surface area contributed by atoms with Crippen molar-refractivity contribution in [1.82, 2.24) is 4.98 Å². The predicted octanol–water partition coefficient (Wildman–Crippen LogP) is 7.05. The van der Waals surface area contributed by atoms with Crippen molar-refractivity contribution < 1.29 is 4.74 Å². The fourth-order valence-corrected chi connectivity index (χ4v) is 4.63. The maximum atomic E-state index is 5.57. The zero-order chi connectivity index (χ0) is 19.5. The lowest BCUT2D eigenvalue weighted by atomic mass is 10.2. The zero-order valence-electron chi connectivity index (χ0n) is 15.8. The van der Waals surface area contributed by atoms with Crippen molar-refractivity contribution in [2.24, 2.45) is 0 Å². The van der Waals surface area contributed by atoms with E-state index in [-0.39, 0.29) is 0 Å². The number of rotatable bonds is 6. The Morgan fingerprint density at radius 1 is 1.04 bits per heavy atom. The van der Waals surface area contributed by atoms with Gasteiger partial charge in [0.2, 0.25) is 0 Å². The Balaban J connectivity index is 1.45. The van der Waals surface area contributed by atoms with Crippen LogP contribution in [0.25, 0.3) is 20.8 Å². The fourth-order valence-electron chi connectivity index (χ4n) is 3.02. The van der Waals surface area contributed by atoms with E-state index in [0.29, 0.717) is 6.61 Å². The van der Waals surface area contributed by atoms with Crippen LogP contribution in [-0.2, 0) is 6.54 Å². The maximum Gasteiger partial charge on any atom is 0.133 e. The average molecular weight is 453 g/mol. The molecule has 0 atom stereocenters. The molecule has 1 heterocycles. The molecule has 0 aliphatic rings. The van der Waals surface area contributed by atoms with E-state index in [0.717, 1.165) is 38.5 Å². The fraction of sp³-hybridized carbons (Fsp3) is 0.174. The second kappa shape index (κ2) is 8.33. The molecular formula is C23H21BrN2OS. The first kappa shape index (κ1) is 19.0. The van der Waals surface area contributed by atoms with Crippen molar-refractivity contribution in [1.29, 1.82) is 0 Å². The Kier molecular flexibility index (Phi) is 5.64. The number of nitrogens with one attached hydrogen (secondary N) is 1. The Labute approximate surface area is 177 Å². The van der Waals surface area contributed by atoms with Gasteiger partial charge in [-0.3, -0.25) is 0 Å². The van der Waals surface area contributed by atoms with Crippen molar-refractivity contribution in [2.45, 2.75) is 20.4 Å². The topological polar surface area (TPSA) is 34.1 Å². The van der Waals surface area contributed by atoms with Crippen molar-refractivity contribution in [3.05, 3.63) is 76.3 Å². The van der Waals surface area contributed by atoms with Gasteiger partial charge < -0.3 is 10.1 Å². The van der Waals surface area contributed by atoms with E-state index in [9.17, 15) is 0 Å². The Hall–Kier alpha value is -2.37. The van der Waals surface area contributed by atoms with Gasteiger partial charge in [0.25, 0.3) is 0 Å². The number of thiazole rings is 1. The summed E-state index contributed by atoms with van der Waals surface area (Å²) >= 11 is 5.31. The summed E-state index contributed by atoms with van der Waals surface area (Å²) in [5.74, 6) is 0.877. The van der Waals surface area contributed by atoms with Crippen LogP contribution >= 0.6 is 27.3 Å². The van der Waals surface area contributed by atoms with E-state index < -0.39 is 0 Å². The Morgan fingerprint density at radius 3 is 2.61 bits per heavy atom. The van der Waals surface area contributed by atoms with Crippen LogP contribution in [0.3, 0.4) is 0 Å². The van der Waals surface area contributed by atoms with Gasteiger partial charge in [-0.15, -0.1) is 11.3 Å². The normalized spacial score (nSPS) is 11.0. The molecule has 4 aromatic rings. The average Bonchev–Trinajstić information content (AvgIpc) is 3.12. The van der Waals surface area contributed by atoms with Crippen LogP contribution in [0.4, 0.5) is 5.69 Å². The monoisotopic (exact) mass is 452 g/mol. The van der Waals surface area contributed by atoms with Crippen LogP contribution in [0.1, 0.15) is 18.1 Å². The summed E-state index contributed by atoms with van der Waals surface area (Å²) in [5.41, 5.74) is 5.76. The molecule has 3 nitrogen and oxygen atoms in total. The molecule has 0 radical (unpaired) electrons. The molecule has 1 aromatic heterocycles. The first-order valence-electron chi connectivity index (χ1n) is 9.25. The number of hydrogen-bond donors (Lipinski definition) is 1. The van der Waals surface area contributed by atoms with Crippen molar-refractivity contribution in [2.75, 3.05) is 11.9 Å². The number of aryl methyl sites for hydroxylation is 1. The number of anilines is 1. The van der Waals surface area contributed by atoms with Gasteiger partial charge in [-0.05, 0) is 89.4 Å². The second-order valence-corrected chi connectivity index (χ2v) is 8.50. The van der Waals surface area contributed by atoms with E-state index in [1.165, 1.54) is 15.8 Å². The quantitative estimate of drug-likeness (QED) is 0.340. The van der Waals surface area contributed by atoms with Gasteiger partial charge in [0.05, 0.1) is 21.3 Å². The van der Waals surface area contributed by atoms with Crippen molar-refractivity contribution in [3.8, 4) is 16.3 Å². The summed E-state index contributed by atoms with van der Waals surface area (Å²) in [5, 5.41) is 4.53. The number of ether oxygens (including phenoxy) is 1. The summed E-state index contributed by atoms with van der Waals surface area (Å²) < 4.78 is 7.78. The first-order chi connectivity index (χ1) is 13.6. The summed E-state index contributed by atoms with van der Waals surface area (Å²) in [4.78, 5) is 4.76. The lowest BCUT2D eigenvalue weighted by Crippen LogP contribution is -2.00. The van der Waals surface area contributed by atoms with Crippen LogP contribution in [-0.4, -0.2) is 11.6 Å². The zero-order valence-corrected chi connectivity index (χ0v) is 18.2. The van der Waals surface area contributed by atoms with Crippen molar-refractivity contribution in [3.63, 3.8) is 0 Å². The van der Waals surface area contributed by atoms with Gasteiger partial charge in [0.1, 0.15) is 10.8 Å². The molecule has 5 heteroatoms. The van der Waals surface area contributed by atoms with Gasteiger partial charge in [0.15, 0.2) is 0 Å². The molecule has 28 heavy (non-hydrogen) atoms. The summed E-state index contributed by atoms with van der Waals surface area (Å²) in [7, 11) is 0. The van der Waals surface area contributed by atoms with Crippen LogP contribution in [0.5, 0.6) is 5.75 Å². The molecule has 0 aliphatic carbocycles. The Bertz CT molecular complexity index is 1110. The SMILES string of the molecule is CCOc1ccc(CNc2ccc(-c3nc4ccc(C)cc4s3)cc2)cc1Br. The van der Waals surface area contributed by atoms with E-state index in [4.69, 9.17) is 9.72 Å². The molecule has 142 valence electrons. The molecule has 3 aromatic carbocycles. The number of halogens is 1. The summed E-state index contributed by atoms with van der Waals surface area (Å²) in [6.45, 7) is 5.52. The first-order valence-corrected chi connectivity index (χ1v) is 10.9. The molecule has 0 fully saturated rings. The van der Waals surface area contributed by atoms with E-state index in [1.54, 1.807) is 11.3 Å². The molecule has 0 aliphatic heterocycles. The van der Waals surface area contributed by atoms with Gasteiger partial charge in [-0.1, -0.05) is 12.1 Å². The second-order valence-electron chi connectivity index (χ2n) is 6.62. The highest BCUT2D eigenvalue weighted by atomic mass is 79.9. The third-order valence-electron chi connectivity index (χ3n) is 4.47. The van der Waals surface area contributed by atoms with Gasteiger partial charge in [0, 0.05) is 17.8 Å². The molecular weight excluding hydrogens is 432 g/mol. The third kappa shape index (κ3) is 4.21. The smallest absolute Gasteiger partial charge is 0.133 e. The molecule has 0 bridgehead atoms. The van der Waals surface area contributed by atoms with Crippen molar-refractivity contribution >= 4 is 43.2 Å². The highest BCUT2D eigenvalue weighted by molar-refractivity contribution is 9.10. The minimum atomic E-state index is 0.664. The molecule has 4 rings (SSSR count). The summed E-state index contributed by atoms with van der Waals surface area (Å²) in [6, 6.07) is 21.0. The highest BCUT2D eigenvalue weighted by Gasteiger charge is 2.07. The van der Waals surface area contributed by atoms with E-state index >= 15 is 0 Å². The number of nitrogens with zero attached hydrogens (tertiary/aromatic N) is 1. The standard InChI is InChI=1S/C23H21BrN2OS/c1-3-27-21-11-5-16(13-19(21)24)14-25-18-8-6-17(7-9-18)23-26-20-10-4-15(2)12-22(20)28-23/h4-13,25H,3,14H2,1-2H3. The van der Waals surface area contributed by atoms with Crippen LogP contribution in [0.15, 0.2) is 65.1 Å². The number of benzene rings is 3. The highest BCUT2D eigenvalue weighted by Crippen LogP contribution is 2.31. The largest absolute Gasteiger partial charge is 0.493 e. The van der Waals surface area contributed by atoms with E-state index in [1.807, 2.05) is 13.0 Å².